The van der Waals surface area contributed by atoms with E-state index < -0.39 is 17.9 Å². The average molecular weight is 459 g/mol. The largest absolute Gasteiger partial charge is 0.383 e. The summed E-state index contributed by atoms with van der Waals surface area (Å²) < 4.78 is 20.5. The lowest BCUT2D eigenvalue weighted by Gasteiger charge is -2.38. The van der Waals surface area contributed by atoms with Gasteiger partial charge in [0, 0.05) is 25.9 Å². The predicted molar refractivity (Wildman–Crippen MR) is 127 cm³/mol. The highest BCUT2D eigenvalue weighted by atomic mass is 19.1. The molecule has 2 aliphatic rings. The van der Waals surface area contributed by atoms with E-state index in [1.807, 2.05) is 6.07 Å². The van der Waals surface area contributed by atoms with Crippen molar-refractivity contribution >= 4 is 36.7 Å². The second-order valence-electron chi connectivity index (χ2n) is 8.07. The molecule has 178 valence electrons. The maximum atomic E-state index is 15.2. The third-order valence-corrected chi connectivity index (χ3v) is 5.91. The van der Waals surface area contributed by atoms with Crippen molar-refractivity contribution in [1.82, 2.24) is 10.6 Å². The molecule has 9 nitrogen and oxygen atoms in total. The van der Waals surface area contributed by atoms with Crippen molar-refractivity contribution in [2.75, 3.05) is 36.6 Å². The molecule has 1 aromatic rings. The summed E-state index contributed by atoms with van der Waals surface area (Å²) >= 11 is 0. The van der Waals surface area contributed by atoms with E-state index in [0.29, 0.717) is 26.0 Å². The van der Waals surface area contributed by atoms with Gasteiger partial charge in [-0.1, -0.05) is 0 Å². The van der Waals surface area contributed by atoms with Gasteiger partial charge in [0.25, 0.3) is 0 Å². The number of ether oxygens (including phenoxy) is 1. The molecule has 2 heterocycles. The van der Waals surface area contributed by atoms with Gasteiger partial charge in [-0.25, -0.2) is 14.2 Å². The number of carbonyl (C=O) groups is 2. The topological polar surface area (TPSA) is 98.6 Å². The number of aliphatic imine (C=N–C) groups is 2. The molecule has 3 amide bonds. The number of hydrogen-bond donors (Lipinski definition) is 2. The van der Waals surface area contributed by atoms with Crippen LogP contribution in [0.2, 0.25) is 0 Å². The Bertz CT molecular complexity index is 919. The van der Waals surface area contributed by atoms with Crippen LogP contribution < -0.4 is 20.4 Å². The third-order valence-electron chi connectivity index (χ3n) is 5.91. The summed E-state index contributed by atoms with van der Waals surface area (Å²) in [5.74, 6) is -0.725. The van der Waals surface area contributed by atoms with E-state index in [4.69, 9.17) is 4.74 Å². The zero-order chi connectivity index (χ0) is 23.8. The Kier molecular flexibility index (Phi) is 8.53. The van der Waals surface area contributed by atoms with Crippen molar-refractivity contribution in [1.29, 1.82) is 0 Å². The number of amides is 3. The van der Waals surface area contributed by atoms with E-state index in [1.54, 1.807) is 13.2 Å². The van der Waals surface area contributed by atoms with Gasteiger partial charge in [-0.15, -0.1) is 0 Å². The van der Waals surface area contributed by atoms with Crippen LogP contribution in [0, 0.1) is 5.82 Å². The zero-order valence-corrected chi connectivity index (χ0v) is 18.9. The van der Waals surface area contributed by atoms with Crippen molar-refractivity contribution in [2.24, 2.45) is 9.98 Å². The number of hydrogen-bond acceptors (Lipinski definition) is 6. The Balaban J connectivity index is 1.71. The lowest BCUT2D eigenvalue weighted by atomic mass is 10.0. The minimum Gasteiger partial charge on any atom is -0.383 e. The molecule has 0 aromatic heterocycles. The van der Waals surface area contributed by atoms with Gasteiger partial charge >= 0.3 is 6.03 Å². The SMILES string of the molecule is C=N/C=C(\N=C)NC(=O)N[C@@H]1CCCN(c2ccc(N3CCCCC3COC)cc2F)C1=O. The Hall–Kier alpha value is -3.27. The number of piperidine rings is 2. The standard InChI is InChI=1S/C23H31FN6O3/c1-25-14-21(26-2)28-23(32)27-19-8-6-12-30(22(19)31)20-10-9-16(13-18(20)24)29-11-5-4-7-17(29)15-33-3/h9-10,13-14,17,19H,1-2,4-8,11-12,15H2,3H3,(H2,27,28,32)/b21-14+/t17?,19-/m1/s1. The number of methoxy groups -OCH3 is 1. The van der Waals surface area contributed by atoms with E-state index in [2.05, 4.69) is 39.0 Å². The van der Waals surface area contributed by atoms with Gasteiger partial charge < -0.3 is 19.9 Å². The normalized spacial score (nSPS) is 21.5. The molecule has 1 aromatic carbocycles. The predicted octanol–water partition coefficient (Wildman–Crippen LogP) is 2.83. The lowest BCUT2D eigenvalue weighted by Crippen LogP contribution is -2.54. The van der Waals surface area contributed by atoms with Gasteiger partial charge in [-0.3, -0.25) is 15.1 Å². The van der Waals surface area contributed by atoms with Gasteiger partial charge in [0.2, 0.25) is 5.91 Å². The van der Waals surface area contributed by atoms with Crippen LogP contribution in [0.4, 0.5) is 20.6 Å². The number of benzene rings is 1. The summed E-state index contributed by atoms with van der Waals surface area (Å²) in [6.07, 6.45) is 5.48. The van der Waals surface area contributed by atoms with Crippen LogP contribution in [-0.2, 0) is 9.53 Å². The molecule has 33 heavy (non-hydrogen) atoms. The molecule has 0 aliphatic carbocycles. The Morgan fingerprint density at radius 3 is 2.79 bits per heavy atom. The Morgan fingerprint density at radius 1 is 1.27 bits per heavy atom. The number of anilines is 2. The van der Waals surface area contributed by atoms with Crippen molar-refractivity contribution in [3.05, 3.63) is 36.0 Å². The van der Waals surface area contributed by atoms with Crippen LogP contribution >= 0.6 is 0 Å². The number of rotatable bonds is 8. The van der Waals surface area contributed by atoms with Crippen LogP contribution in [0.15, 0.2) is 40.2 Å². The minimum atomic E-state index is -0.784. The molecule has 2 atom stereocenters. The maximum absolute atomic E-state index is 15.2. The van der Waals surface area contributed by atoms with Gasteiger partial charge in [-0.05, 0) is 63.7 Å². The summed E-state index contributed by atoms with van der Waals surface area (Å²) in [5, 5.41) is 5.06. The fraction of sp³-hybridized carbons (Fsp3) is 0.478. The Labute approximate surface area is 193 Å². The first-order chi connectivity index (χ1) is 16.0. The molecule has 2 N–H and O–H groups in total. The molecule has 3 rings (SSSR count). The van der Waals surface area contributed by atoms with E-state index in [1.165, 1.54) is 17.2 Å². The molecule has 2 fully saturated rings. The fourth-order valence-electron chi connectivity index (χ4n) is 4.36. The van der Waals surface area contributed by atoms with Crippen molar-refractivity contribution in [2.45, 2.75) is 44.2 Å². The Morgan fingerprint density at radius 2 is 2.09 bits per heavy atom. The second kappa shape index (κ2) is 11.6. The molecule has 0 radical (unpaired) electrons. The highest BCUT2D eigenvalue weighted by Crippen LogP contribution is 2.31. The zero-order valence-electron chi connectivity index (χ0n) is 18.9. The van der Waals surface area contributed by atoms with Gasteiger partial charge in [-0.2, -0.15) is 0 Å². The van der Waals surface area contributed by atoms with Crippen LogP contribution in [-0.4, -0.2) is 64.3 Å². The van der Waals surface area contributed by atoms with E-state index in [0.717, 1.165) is 31.5 Å². The molecule has 10 heteroatoms. The average Bonchev–Trinajstić information content (AvgIpc) is 2.81. The fourth-order valence-corrected chi connectivity index (χ4v) is 4.36. The molecule has 0 saturated carbocycles. The summed E-state index contributed by atoms with van der Waals surface area (Å²) in [6, 6.07) is 3.77. The molecule has 1 unspecified atom stereocenters. The van der Waals surface area contributed by atoms with Gasteiger partial charge in [0.1, 0.15) is 11.9 Å². The number of nitrogens with one attached hydrogen (secondary N) is 2. The highest BCUT2D eigenvalue weighted by molar-refractivity contribution is 6.00. The van der Waals surface area contributed by atoms with Crippen molar-refractivity contribution < 1.29 is 18.7 Å². The molecule has 0 bridgehead atoms. The second-order valence-corrected chi connectivity index (χ2v) is 8.07. The number of halogens is 1. The monoisotopic (exact) mass is 458 g/mol. The number of nitrogens with zero attached hydrogens (tertiary/aromatic N) is 4. The first-order valence-corrected chi connectivity index (χ1v) is 11.0. The maximum Gasteiger partial charge on any atom is 0.321 e. The van der Waals surface area contributed by atoms with Crippen molar-refractivity contribution in [3.8, 4) is 0 Å². The van der Waals surface area contributed by atoms with Crippen LogP contribution in [0.5, 0.6) is 0 Å². The van der Waals surface area contributed by atoms with Crippen LogP contribution in [0.3, 0.4) is 0 Å². The summed E-state index contributed by atoms with van der Waals surface area (Å²) in [5.41, 5.74) is 0.990. The summed E-state index contributed by atoms with van der Waals surface area (Å²) in [7, 11) is 1.67. The number of carbonyl (C=O) groups excluding carboxylic acids is 2. The van der Waals surface area contributed by atoms with Crippen molar-refractivity contribution in [3.63, 3.8) is 0 Å². The van der Waals surface area contributed by atoms with E-state index in [9.17, 15) is 9.59 Å². The van der Waals surface area contributed by atoms with E-state index >= 15 is 4.39 Å². The lowest BCUT2D eigenvalue weighted by molar-refractivity contribution is -0.121. The van der Waals surface area contributed by atoms with Crippen LogP contribution in [0.1, 0.15) is 32.1 Å². The third kappa shape index (κ3) is 5.95. The van der Waals surface area contributed by atoms with Gasteiger partial charge in [0.05, 0.1) is 24.5 Å². The molecule has 0 spiro atoms. The molecule has 2 saturated heterocycles. The smallest absolute Gasteiger partial charge is 0.321 e. The summed E-state index contributed by atoms with van der Waals surface area (Å²) in [6.45, 7) is 8.44. The highest BCUT2D eigenvalue weighted by Gasteiger charge is 2.33. The first kappa shape index (κ1) is 24.4. The first-order valence-electron chi connectivity index (χ1n) is 11.0. The van der Waals surface area contributed by atoms with E-state index in [-0.39, 0.29) is 23.5 Å². The minimum absolute atomic E-state index is 0.105. The molecular weight excluding hydrogens is 427 g/mol. The van der Waals surface area contributed by atoms with Crippen LogP contribution in [0.25, 0.3) is 0 Å². The molecule has 2 aliphatic heterocycles. The quantitative estimate of drug-likeness (QED) is 0.585. The molecular formula is C23H31FN6O3. The summed E-state index contributed by atoms with van der Waals surface area (Å²) in [4.78, 5) is 36.0. The number of urea groups is 1. The van der Waals surface area contributed by atoms with Gasteiger partial charge in [0.15, 0.2) is 5.82 Å².